The summed E-state index contributed by atoms with van der Waals surface area (Å²) in [5.41, 5.74) is 14.9. The average molecular weight is 341 g/mol. The van der Waals surface area contributed by atoms with Crippen molar-refractivity contribution in [2.45, 2.75) is 12.5 Å². The Labute approximate surface area is 144 Å². The predicted molar refractivity (Wildman–Crippen MR) is 96.0 cm³/mol. The van der Waals surface area contributed by atoms with Gasteiger partial charge in [0, 0.05) is 31.4 Å². The zero-order valence-corrected chi connectivity index (χ0v) is 13.7. The molecular weight excluding hydrogens is 322 g/mol. The third-order valence-electron chi connectivity index (χ3n) is 4.07. The summed E-state index contributed by atoms with van der Waals surface area (Å²) in [5, 5.41) is 11.1. The van der Waals surface area contributed by atoms with Crippen molar-refractivity contribution >= 4 is 22.4 Å². The highest BCUT2D eigenvalue weighted by Gasteiger charge is 2.15. The van der Waals surface area contributed by atoms with Crippen LogP contribution in [0.15, 0.2) is 36.4 Å². The summed E-state index contributed by atoms with van der Waals surface area (Å²) >= 11 is 0. The molecule has 0 saturated carbocycles. The van der Waals surface area contributed by atoms with Crippen LogP contribution >= 0.6 is 0 Å². The summed E-state index contributed by atoms with van der Waals surface area (Å²) in [6, 6.07) is 10.2. The first-order valence-corrected chi connectivity index (χ1v) is 7.78. The summed E-state index contributed by atoms with van der Waals surface area (Å²) in [7, 11) is 1.64. The number of aromatic nitrogens is 2. The molecule has 0 amide bonds. The number of nitrogens with zero attached hydrogens (tertiary/aromatic N) is 2. The number of aromatic amines is 1. The summed E-state index contributed by atoms with van der Waals surface area (Å²) in [6.45, 7) is 0.583. The van der Waals surface area contributed by atoms with Crippen molar-refractivity contribution in [1.82, 2.24) is 9.97 Å². The van der Waals surface area contributed by atoms with Gasteiger partial charge in [-0.25, -0.2) is 4.98 Å². The number of nitro groups is 1. The number of hydrogen-bond acceptors (Lipinski definition) is 6. The number of rotatable bonds is 6. The Morgan fingerprint density at radius 2 is 2.12 bits per heavy atom. The van der Waals surface area contributed by atoms with Gasteiger partial charge in [-0.15, -0.1) is 0 Å². The highest BCUT2D eigenvalue weighted by Crippen LogP contribution is 2.29. The largest absolute Gasteiger partial charge is 0.393 e. The van der Waals surface area contributed by atoms with Gasteiger partial charge in [0.1, 0.15) is 11.5 Å². The molecule has 25 heavy (non-hydrogen) atoms. The molecule has 0 spiro atoms. The average Bonchev–Trinajstić information content (AvgIpc) is 3.02. The molecule has 2 aromatic carbocycles. The second-order valence-electron chi connectivity index (χ2n) is 5.78. The van der Waals surface area contributed by atoms with Crippen molar-refractivity contribution in [3.63, 3.8) is 0 Å². The molecule has 1 aromatic heterocycles. The van der Waals surface area contributed by atoms with Crippen molar-refractivity contribution in [3.05, 3.63) is 52.1 Å². The molecular formula is C17H19N5O3. The van der Waals surface area contributed by atoms with E-state index >= 15 is 0 Å². The van der Waals surface area contributed by atoms with E-state index in [1.165, 1.54) is 12.1 Å². The van der Waals surface area contributed by atoms with Gasteiger partial charge in [0.25, 0.3) is 5.69 Å². The van der Waals surface area contributed by atoms with Gasteiger partial charge < -0.3 is 21.2 Å². The number of H-pyrrole nitrogens is 1. The Kier molecular flexibility index (Phi) is 4.64. The minimum atomic E-state index is -0.506. The lowest BCUT2D eigenvalue weighted by molar-refractivity contribution is -0.383. The van der Waals surface area contributed by atoms with Crippen LogP contribution in [0.1, 0.15) is 18.0 Å². The maximum atomic E-state index is 11.1. The summed E-state index contributed by atoms with van der Waals surface area (Å²) in [6.07, 6.45) is 0.712. The molecule has 0 aliphatic rings. The number of hydrogen-bond donors (Lipinski definition) is 3. The Morgan fingerprint density at radius 3 is 2.84 bits per heavy atom. The van der Waals surface area contributed by atoms with Crippen molar-refractivity contribution < 1.29 is 9.66 Å². The van der Waals surface area contributed by atoms with Crippen LogP contribution in [0.3, 0.4) is 0 Å². The zero-order chi connectivity index (χ0) is 18.0. The number of ether oxygens (including phenoxy) is 1. The molecule has 1 heterocycles. The normalized spacial score (nSPS) is 12.4. The van der Waals surface area contributed by atoms with E-state index in [9.17, 15) is 10.1 Å². The van der Waals surface area contributed by atoms with E-state index in [2.05, 4.69) is 9.97 Å². The van der Waals surface area contributed by atoms with Crippen molar-refractivity contribution in [2.75, 3.05) is 19.5 Å². The molecule has 3 rings (SSSR count). The van der Waals surface area contributed by atoms with Gasteiger partial charge in [-0.3, -0.25) is 10.1 Å². The maximum Gasteiger partial charge on any atom is 0.292 e. The van der Waals surface area contributed by atoms with E-state index in [-0.39, 0.29) is 17.4 Å². The quantitative estimate of drug-likeness (QED) is 0.358. The van der Waals surface area contributed by atoms with Crippen LogP contribution in [0.5, 0.6) is 0 Å². The Bertz CT molecular complexity index is 922. The number of benzene rings is 2. The monoisotopic (exact) mass is 341 g/mol. The van der Waals surface area contributed by atoms with E-state index < -0.39 is 4.92 Å². The second kappa shape index (κ2) is 6.88. The van der Waals surface area contributed by atoms with Crippen LogP contribution in [-0.4, -0.2) is 28.6 Å². The fourth-order valence-corrected chi connectivity index (χ4v) is 2.65. The number of fused-ring (bicyclic) bond motifs is 1. The second-order valence-corrected chi connectivity index (χ2v) is 5.78. The predicted octanol–water partition coefficient (Wildman–Crippen LogP) is 2.76. The number of nitrogen functional groups attached to an aromatic ring is 1. The van der Waals surface area contributed by atoms with Crippen LogP contribution in [-0.2, 0) is 4.74 Å². The van der Waals surface area contributed by atoms with E-state index in [4.69, 9.17) is 16.2 Å². The fourth-order valence-electron chi connectivity index (χ4n) is 2.65. The number of nitrogens with two attached hydrogens (primary N) is 2. The van der Waals surface area contributed by atoms with Gasteiger partial charge in [-0.2, -0.15) is 0 Å². The molecule has 1 unspecified atom stereocenters. The zero-order valence-electron chi connectivity index (χ0n) is 13.7. The van der Waals surface area contributed by atoms with Gasteiger partial charge in [0.15, 0.2) is 0 Å². The summed E-state index contributed by atoms with van der Waals surface area (Å²) in [5.74, 6) is 0.542. The molecule has 0 fully saturated rings. The molecule has 0 aliphatic heterocycles. The third-order valence-corrected chi connectivity index (χ3v) is 4.07. The van der Waals surface area contributed by atoms with Crippen LogP contribution < -0.4 is 11.5 Å². The van der Waals surface area contributed by atoms with E-state index in [1.54, 1.807) is 13.2 Å². The first-order chi connectivity index (χ1) is 12.0. The minimum absolute atomic E-state index is 0.122. The van der Waals surface area contributed by atoms with Gasteiger partial charge in [-0.05, 0) is 36.2 Å². The van der Waals surface area contributed by atoms with Crippen LogP contribution in [0, 0.1) is 10.1 Å². The lowest BCUT2D eigenvalue weighted by atomic mass is 10.0. The highest BCUT2D eigenvalue weighted by molar-refractivity contribution is 5.81. The van der Waals surface area contributed by atoms with Crippen molar-refractivity contribution in [3.8, 4) is 11.4 Å². The van der Waals surface area contributed by atoms with Crippen molar-refractivity contribution in [2.24, 2.45) is 5.73 Å². The molecule has 0 radical (unpaired) electrons. The standard InChI is InChI=1S/C17H19N5O3/c1-25-7-6-12(18)10-3-5-14-15(8-10)21-17(20-14)11-2-4-13(19)16(9-11)22(23)24/h2-5,8-9,12H,6-7,18-19H2,1H3,(H,20,21). The summed E-state index contributed by atoms with van der Waals surface area (Å²) < 4.78 is 5.06. The molecule has 0 saturated heterocycles. The van der Waals surface area contributed by atoms with E-state index in [0.29, 0.717) is 24.4 Å². The van der Waals surface area contributed by atoms with Gasteiger partial charge in [0.05, 0.1) is 16.0 Å². The molecule has 5 N–H and O–H groups in total. The van der Waals surface area contributed by atoms with Crippen LogP contribution in [0.4, 0.5) is 11.4 Å². The number of nitrogens with one attached hydrogen (secondary N) is 1. The topological polar surface area (TPSA) is 133 Å². The lowest BCUT2D eigenvalue weighted by Gasteiger charge is -2.10. The number of methoxy groups -OCH3 is 1. The fraction of sp³-hybridized carbons (Fsp3) is 0.235. The SMILES string of the molecule is COCCC(N)c1ccc2[nH]c(-c3ccc(N)c([N+](=O)[O-])c3)nc2c1. The van der Waals surface area contributed by atoms with Crippen LogP contribution in [0.2, 0.25) is 0 Å². The molecule has 0 aliphatic carbocycles. The number of nitro benzene ring substituents is 1. The molecule has 3 aromatic rings. The lowest BCUT2D eigenvalue weighted by Crippen LogP contribution is -2.12. The Hall–Kier alpha value is -2.97. The molecule has 1 atom stereocenters. The summed E-state index contributed by atoms with van der Waals surface area (Å²) in [4.78, 5) is 18.2. The van der Waals surface area contributed by atoms with Crippen LogP contribution in [0.25, 0.3) is 22.4 Å². The Morgan fingerprint density at radius 1 is 1.32 bits per heavy atom. The first-order valence-electron chi connectivity index (χ1n) is 7.78. The first kappa shape index (κ1) is 16.9. The smallest absolute Gasteiger partial charge is 0.292 e. The molecule has 8 heteroatoms. The Balaban J connectivity index is 1.96. The highest BCUT2D eigenvalue weighted by atomic mass is 16.6. The molecule has 8 nitrogen and oxygen atoms in total. The number of imidazole rings is 1. The molecule has 0 bridgehead atoms. The van der Waals surface area contributed by atoms with Gasteiger partial charge >= 0.3 is 0 Å². The van der Waals surface area contributed by atoms with Gasteiger partial charge in [-0.1, -0.05) is 6.07 Å². The maximum absolute atomic E-state index is 11.1. The number of anilines is 1. The van der Waals surface area contributed by atoms with E-state index in [1.807, 2.05) is 18.2 Å². The molecule has 130 valence electrons. The van der Waals surface area contributed by atoms with Gasteiger partial charge in [0.2, 0.25) is 0 Å². The minimum Gasteiger partial charge on any atom is -0.393 e. The van der Waals surface area contributed by atoms with E-state index in [0.717, 1.165) is 16.6 Å². The third kappa shape index (κ3) is 3.44. The van der Waals surface area contributed by atoms with Crippen molar-refractivity contribution in [1.29, 1.82) is 0 Å².